The standard InChI is InChI=1S/C17H15BrCl2N2O3/c1-10-4-11(18)2-3-15(10)22-16(23)8-21-17(24)9-25-14-6-12(19)5-13(20)7-14/h2-7H,8-9H2,1H3,(H,21,24)(H,22,23). The van der Waals surface area contributed by atoms with Crippen LogP contribution in [0.15, 0.2) is 40.9 Å². The van der Waals surface area contributed by atoms with Gasteiger partial charge in [-0.3, -0.25) is 9.59 Å². The molecule has 0 radical (unpaired) electrons. The molecule has 0 aliphatic heterocycles. The first-order chi connectivity index (χ1) is 11.8. The molecular weight excluding hydrogens is 431 g/mol. The second kappa shape index (κ2) is 9.08. The number of hydrogen-bond acceptors (Lipinski definition) is 3. The highest BCUT2D eigenvalue weighted by Gasteiger charge is 2.09. The molecule has 0 aromatic heterocycles. The van der Waals surface area contributed by atoms with E-state index in [0.717, 1.165) is 10.0 Å². The van der Waals surface area contributed by atoms with Gasteiger partial charge in [-0.15, -0.1) is 0 Å². The number of benzene rings is 2. The summed E-state index contributed by atoms with van der Waals surface area (Å²) in [6.07, 6.45) is 0. The number of hydrogen-bond donors (Lipinski definition) is 2. The van der Waals surface area contributed by atoms with E-state index in [1.807, 2.05) is 19.1 Å². The number of anilines is 1. The van der Waals surface area contributed by atoms with Crippen LogP contribution in [-0.2, 0) is 9.59 Å². The fourth-order valence-corrected chi connectivity index (χ4v) is 2.93. The van der Waals surface area contributed by atoms with E-state index in [9.17, 15) is 9.59 Å². The molecule has 2 aromatic rings. The number of carbonyl (C=O) groups is 2. The summed E-state index contributed by atoms with van der Waals surface area (Å²) >= 11 is 15.1. The highest BCUT2D eigenvalue weighted by atomic mass is 79.9. The zero-order valence-electron chi connectivity index (χ0n) is 13.2. The summed E-state index contributed by atoms with van der Waals surface area (Å²) in [6.45, 7) is 1.47. The van der Waals surface area contributed by atoms with E-state index >= 15 is 0 Å². The van der Waals surface area contributed by atoms with E-state index in [2.05, 4.69) is 26.6 Å². The Morgan fingerprint density at radius 2 is 1.76 bits per heavy atom. The first kappa shape index (κ1) is 19.6. The molecule has 0 heterocycles. The molecule has 2 aromatic carbocycles. The fourth-order valence-electron chi connectivity index (χ4n) is 1.95. The Bertz CT molecular complexity index is 779. The number of rotatable bonds is 6. The van der Waals surface area contributed by atoms with Crippen LogP contribution in [0.4, 0.5) is 5.69 Å². The topological polar surface area (TPSA) is 67.4 Å². The van der Waals surface area contributed by atoms with Gasteiger partial charge in [0, 0.05) is 20.2 Å². The van der Waals surface area contributed by atoms with Crippen LogP contribution in [0.1, 0.15) is 5.56 Å². The molecule has 0 saturated carbocycles. The van der Waals surface area contributed by atoms with Gasteiger partial charge in [0.2, 0.25) is 5.91 Å². The highest BCUT2D eigenvalue weighted by molar-refractivity contribution is 9.10. The van der Waals surface area contributed by atoms with Gasteiger partial charge in [0.25, 0.3) is 5.91 Å². The van der Waals surface area contributed by atoms with Gasteiger partial charge in [0.1, 0.15) is 5.75 Å². The van der Waals surface area contributed by atoms with Gasteiger partial charge in [0.15, 0.2) is 6.61 Å². The number of halogens is 3. The van der Waals surface area contributed by atoms with E-state index < -0.39 is 5.91 Å². The maximum absolute atomic E-state index is 11.9. The average molecular weight is 446 g/mol. The summed E-state index contributed by atoms with van der Waals surface area (Å²) in [6, 6.07) is 10.1. The first-order valence-corrected chi connectivity index (χ1v) is 8.80. The first-order valence-electron chi connectivity index (χ1n) is 7.25. The minimum atomic E-state index is -0.432. The molecule has 0 aliphatic rings. The quantitative estimate of drug-likeness (QED) is 0.700. The lowest BCUT2D eigenvalue weighted by atomic mass is 10.2. The zero-order valence-corrected chi connectivity index (χ0v) is 16.3. The number of amides is 2. The van der Waals surface area contributed by atoms with Crippen LogP contribution in [0.3, 0.4) is 0 Å². The predicted molar refractivity (Wildman–Crippen MR) is 102 cm³/mol. The van der Waals surface area contributed by atoms with Crippen molar-refractivity contribution in [3.8, 4) is 5.75 Å². The summed E-state index contributed by atoms with van der Waals surface area (Å²) in [5, 5.41) is 6.03. The van der Waals surface area contributed by atoms with Gasteiger partial charge in [-0.2, -0.15) is 0 Å². The number of nitrogens with one attached hydrogen (secondary N) is 2. The zero-order chi connectivity index (χ0) is 18.4. The Hall–Kier alpha value is -1.76. The third kappa shape index (κ3) is 6.57. The lowest BCUT2D eigenvalue weighted by molar-refractivity contribution is -0.125. The van der Waals surface area contributed by atoms with Crippen LogP contribution < -0.4 is 15.4 Å². The lowest BCUT2D eigenvalue weighted by Gasteiger charge is -2.10. The van der Waals surface area contributed by atoms with Gasteiger partial charge >= 0.3 is 0 Å². The van der Waals surface area contributed by atoms with Gasteiger partial charge in [-0.25, -0.2) is 0 Å². The van der Waals surface area contributed by atoms with E-state index in [0.29, 0.717) is 21.5 Å². The van der Waals surface area contributed by atoms with Crippen molar-refractivity contribution in [3.63, 3.8) is 0 Å². The molecule has 0 aliphatic carbocycles. The third-order valence-electron chi connectivity index (χ3n) is 3.11. The molecule has 0 atom stereocenters. The molecule has 2 amide bonds. The maximum Gasteiger partial charge on any atom is 0.258 e. The van der Waals surface area contributed by atoms with E-state index in [1.165, 1.54) is 0 Å². The Kier molecular flexibility index (Phi) is 7.11. The van der Waals surface area contributed by atoms with E-state index in [1.54, 1.807) is 24.3 Å². The molecule has 0 spiro atoms. The molecule has 132 valence electrons. The van der Waals surface area contributed by atoms with Crippen molar-refractivity contribution in [3.05, 3.63) is 56.5 Å². The maximum atomic E-state index is 11.9. The SMILES string of the molecule is Cc1cc(Br)ccc1NC(=O)CNC(=O)COc1cc(Cl)cc(Cl)c1. The van der Waals surface area contributed by atoms with Gasteiger partial charge < -0.3 is 15.4 Å². The number of aryl methyl sites for hydroxylation is 1. The summed E-state index contributed by atoms with van der Waals surface area (Å²) in [5.41, 5.74) is 1.60. The van der Waals surface area contributed by atoms with Crippen molar-refractivity contribution in [2.45, 2.75) is 6.92 Å². The largest absolute Gasteiger partial charge is 0.484 e. The smallest absolute Gasteiger partial charge is 0.258 e. The summed E-state index contributed by atoms with van der Waals surface area (Å²) in [7, 11) is 0. The molecule has 5 nitrogen and oxygen atoms in total. The van der Waals surface area contributed by atoms with Gasteiger partial charge in [-0.1, -0.05) is 39.1 Å². The summed E-state index contributed by atoms with van der Waals surface area (Å²) < 4.78 is 6.22. The van der Waals surface area contributed by atoms with Crippen LogP contribution >= 0.6 is 39.1 Å². The molecule has 0 fully saturated rings. The van der Waals surface area contributed by atoms with Crippen molar-refractivity contribution >= 4 is 56.6 Å². The lowest BCUT2D eigenvalue weighted by Crippen LogP contribution is -2.35. The monoisotopic (exact) mass is 444 g/mol. The van der Waals surface area contributed by atoms with Crippen LogP contribution in [0, 0.1) is 6.92 Å². The molecule has 0 unspecified atom stereocenters. The molecule has 0 saturated heterocycles. The normalized spacial score (nSPS) is 10.2. The van der Waals surface area contributed by atoms with Crippen LogP contribution in [-0.4, -0.2) is 25.0 Å². The fraction of sp³-hybridized carbons (Fsp3) is 0.176. The van der Waals surface area contributed by atoms with Gasteiger partial charge in [0.05, 0.1) is 6.54 Å². The molecule has 2 rings (SSSR count). The molecule has 25 heavy (non-hydrogen) atoms. The van der Waals surface area contributed by atoms with E-state index in [4.69, 9.17) is 27.9 Å². The minimum absolute atomic E-state index is 0.159. The van der Waals surface area contributed by atoms with Crippen molar-refractivity contribution in [1.82, 2.24) is 5.32 Å². The Morgan fingerprint density at radius 1 is 1.08 bits per heavy atom. The average Bonchev–Trinajstić information content (AvgIpc) is 2.53. The number of carbonyl (C=O) groups excluding carboxylic acids is 2. The molecule has 8 heteroatoms. The third-order valence-corrected chi connectivity index (χ3v) is 4.04. The van der Waals surface area contributed by atoms with Crippen LogP contribution in [0.25, 0.3) is 0 Å². The Morgan fingerprint density at radius 3 is 2.40 bits per heavy atom. The van der Waals surface area contributed by atoms with Crippen molar-refractivity contribution in [1.29, 1.82) is 0 Å². The highest BCUT2D eigenvalue weighted by Crippen LogP contribution is 2.24. The van der Waals surface area contributed by atoms with Crippen molar-refractivity contribution < 1.29 is 14.3 Å². The molecular formula is C17H15BrCl2N2O3. The van der Waals surface area contributed by atoms with Gasteiger partial charge in [-0.05, 0) is 48.9 Å². The summed E-state index contributed by atoms with van der Waals surface area (Å²) in [5.74, 6) is -0.383. The van der Waals surface area contributed by atoms with Crippen LogP contribution in [0.2, 0.25) is 10.0 Å². The molecule has 0 bridgehead atoms. The second-order valence-electron chi connectivity index (χ2n) is 5.18. The predicted octanol–water partition coefficient (Wildman–Crippen LogP) is 4.20. The van der Waals surface area contributed by atoms with Crippen molar-refractivity contribution in [2.24, 2.45) is 0 Å². The molecule has 2 N–H and O–H groups in total. The Labute approximate surface area is 163 Å². The van der Waals surface area contributed by atoms with Crippen LogP contribution in [0.5, 0.6) is 5.75 Å². The van der Waals surface area contributed by atoms with Crippen molar-refractivity contribution in [2.75, 3.05) is 18.5 Å². The minimum Gasteiger partial charge on any atom is -0.484 e. The summed E-state index contributed by atoms with van der Waals surface area (Å²) in [4.78, 5) is 23.7. The van der Waals surface area contributed by atoms with E-state index in [-0.39, 0.29) is 19.1 Å². The Balaban J connectivity index is 1.78. The number of ether oxygens (including phenoxy) is 1. The second-order valence-corrected chi connectivity index (χ2v) is 6.97.